The molecule has 0 radical (unpaired) electrons. The van der Waals surface area contributed by atoms with Gasteiger partial charge in [0.1, 0.15) is 0 Å². The summed E-state index contributed by atoms with van der Waals surface area (Å²) in [6.45, 7) is 0. The first kappa shape index (κ1) is 12.7. The monoisotopic (exact) mass is 222 g/mol. The number of hydrogen-bond acceptors (Lipinski definition) is 3. The van der Waals surface area contributed by atoms with E-state index in [9.17, 15) is 9.59 Å². The van der Waals surface area contributed by atoms with Crippen molar-refractivity contribution in [1.82, 2.24) is 0 Å². The standard InChI is InChI=1S/C13H18O3/c1-16-13(15)7-5-3-2-4-6-11-8-9-12(14)10-11/h6,8-9H,2-5,7,10H2,1H3. The molecule has 0 saturated carbocycles. The number of unbranched alkanes of at least 4 members (excludes halogenated alkanes) is 3. The predicted molar refractivity (Wildman–Crippen MR) is 61.9 cm³/mol. The van der Waals surface area contributed by atoms with Gasteiger partial charge in [-0.3, -0.25) is 9.59 Å². The second-order valence-corrected chi connectivity index (χ2v) is 3.93. The average molecular weight is 222 g/mol. The SMILES string of the molecule is COC(=O)CCCCCC=C1C=CC(=O)C1. The van der Waals surface area contributed by atoms with Crippen LogP contribution < -0.4 is 0 Å². The van der Waals surface area contributed by atoms with E-state index in [-0.39, 0.29) is 11.8 Å². The van der Waals surface area contributed by atoms with Crippen LogP contribution in [0, 0.1) is 0 Å². The molecule has 0 amide bonds. The fourth-order valence-electron chi connectivity index (χ4n) is 1.64. The Morgan fingerprint density at radius 1 is 1.38 bits per heavy atom. The summed E-state index contributed by atoms with van der Waals surface area (Å²) in [6, 6.07) is 0. The van der Waals surface area contributed by atoms with E-state index in [2.05, 4.69) is 10.8 Å². The van der Waals surface area contributed by atoms with Gasteiger partial charge in [-0.25, -0.2) is 0 Å². The molecule has 0 heterocycles. The van der Waals surface area contributed by atoms with Gasteiger partial charge in [0.25, 0.3) is 0 Å². The van der Waals surface area contributed by atoms with Gasteiger partial charge in [0.05, 0.1) is 7.11 Å². The fourth-order valence-corrected chi connectivity index (χ4v) is 1.64. The molecule has 0 saturated heterocycles. The number of carbonyl (C=O) groups is 2. The molecule has 0 aromatic rings. The number of rotatable bonds is 6. The molecule has 0 aliphatic heterocycles. The van der Waals surface area contributed by atoms with Crippen molar-refractivity contribution < 1.29 is 14.3 Å². The van der Waals surface area contributed by atoms with Gasteiger partial charge in [-0.15, -0.1) is 0 Å². The second-order valence-electron chi connectivity index (χ2n) is 3.93. The zero-order valence-electron chi connectivity index (χ0n) is 9.70. The molecule has 3 heteroatoms. The summed E-state index contributed by atoms with van der Waals surface area (Å²) in [4.78, 5) is 21.7. The molecule has 16 heavy (non-hydrogen) atoms. The lowest BCUT2D eigenvalue weighted by Crippen LogP contribution is -1.98. The summed E-state index contributed by atoms with van der Waals surface area (Å²) >= 11 is 0. The van der Waals surface area contributed by atoms with E-state index < -0.39 is 0 Å². The van der Waals surface area contributed by atoms with E-state index in [0.29, 0.717) is 12.8 Å². The highest BCUT2D eigenvalue weighted by Crippen LogP contribution is 2.15. The highest BCUT2D eigenvalue weighted by Gasteiger charge is 2.06. The van der Waals surface area contributed by atoms with E-state index in [0.717, 1.165) is 31.3 Å². The van der Waals surface area contributed by atoms with Crippen LogP contribution in [0.3, 0.4) is 0 Å². The Bertz CT molecular complexity index is 313. The van der Waals surface area contributed by atoms with Crippen LogP contribution in [-0.4, -0.2) is 18.9 Å². The maximum absolute atomic E-state index is 10.9. The largest absolute Gasteiger partial charge is 0.469 e. The molecule has 0 unspecified atom stereocenters. The number of ketones is 1. The zero-order valence-corrected chi connectivity index (χ0v) is 9.70. The Morgan fingerprint density at radius 3 is 2.81 bits per heavy atom. The first-order valence-corrected chi connectivity index (χ1v) is 5.69. The molecule has 1 aliphatic rings. The van der Waals surface area contributed by atoms with E-state index >= 15 is 0 Å². The molecule has 1 aliphatic carbocycles. The summed E-state index contributed by atoms with van der Waals surface area (Å²) in [5.74, 6) is 0.0552. The van der Waals surface area contributed by atoms with Crippen LogP contribution in [0.25, 0.3) is 0 Å². The quantitative estimate of drug-likeness (QED) is 0.512. The molecule has 0 bridgehead atoms. The van der Waals surface area contributed by atoms with Crippen molar-refractivity contribution in [3.63, 3.8) is 0 Å². The summed E-state index contributed by atoms with van der Waals surface area (Å²) in [5.41, 5.74) is 1.12. The third-order valence-electron chi connectivity index (χ3n) is 2.58. The van der Waals surface area contributed by atoms with Crippen LogP contribution in [0.1, 0.15) is 38.5 Å². The lowest BCUT2D eigenvalue weighted by molar-refractivity contribution is -0.140. The van der Waals surface area contributed by atoms with Crippen LogP contribution >= 0.6 is 0 Å². The summed E-state index contributed by atoms with van der Waals surface area (Å²) < 4.78 is 4.55. The van der Waals surface area contributed by atoms with Gasteiger partial charge >= 0.3 is 5.97 Å². The number of hydrogen-bond donors (Lipinski definition) is 0. The number of allylic oxidation sites excluding steroid dienone is 4. The van der Waals surface area contributed by atoms with Gasteiger partial charge in [-0.1, -0.05) is 18.6 Å². The Labute approximate surface area is 96.2 Å². The smallest absolute Gasteiger partial charge is 0.305 e. The third kappa shape index (κ3) is 4.91. The van der Waals surface area contributed by atoms with Crippen LogP contribution in [0.5, 0.6) is 0 Å². The molecule has 88 valence electrons. The molecule has 0 fully saturated rings. The minimum atomic E-state index is -0.136. The summed E-state index contributed by atoms with van der Waals surface area (Å²) in [6.07, 6.45) is 10.6. The average Bonchev–Trinajstić information content (AvgIpc) is 2.69. The normalized spacial score (nSPS) is 17.1. The van der Waals surface area contributed by atoms with Gasteiger partial charge in [0, 0.05) is 12.8 Å². The lowest BCUT2D eigenvalue weighted by atomic mass is 10.1. The van der Waals surface area contributed by atoms with Crippen molar-refractivity contribution in [3.8, 4) is 0 Å². The first-order valence-electron chi connectivity index (χ1n) is 5.69. The second kappa shape index (κ2) is 6.99. The van der Waals surface area contributed by atoms with Crippen molar-refractivity contribution >= 4 is 11.8 Å². The molecule has 0 aromatic carbocycles. The van der Waals surface area contributed by atoms with Gasteiger partial charge in [-0.2, -0.15) is 0 Å². The summed E-state index contributed by atoms with van der Waals surface area (Å²) in [7, 11) is 1.41. The van der Waals surface area contributed by atoms with E-state index in [4.69, 9.17) is 0 Å². The van der Waals surface area contributed by atoms with Gasteiger partial charge in [0.2, 0.25) is 0 Å². The Hall–Kier alpha value is -1.38. The van der Waals surface area contributed by atoms with Crippen LogP contribution in [0.4, 0.5) is 0 Å². The summed E-state index contributed by atoms with van der Waals surface area (Å²) in [5, 5.41) is 0. The maximum Gasteiger partial charge on any atom is 0.305 e. The Morgan fingerprint density at radius 2 is 2.19 bits per heavy atom. The highest BCUT2D eigenvalue weighted by atomic mass is 16.5. The molecular formula is C13H18O3. The molecule has 1 rings (SSSR count). The fraction of sp³-hybridized carbons (Fsp3) is 0.538. The Kier molecular flexibility index (Phi) is 5.54. The van der Waals surface area contributed by atoms with Crippen molar-refractivity contribution in [1.29, 1.82) is 0 Å². The van der Waals surface area contributed by atoms with Crippen molar-refractivity contribution in [2.45, 2.75) is 38.5 Å². The van der Waals surface area contributed by atoms with Crippen LogP contribution in [-0.2, 0) is 14.3 Å². The number of esters is 1. The molecular weight excluding hydrogens is 204 g/mol. The van der Waals surface area contributed by atoms with Crippen LogP contribution in [0.15, 0.2) is 23.8 Å². The van der Waals surface area contributed by atoms with Crippen molar-refractivity contribution in [3.05, 3.63) is 23.8 Å². The Balaban J connectivity index is 2.02. The number of methoxy groups -OCH3 is 1. The molecule has 0 aromatic heterocycles. The van der Waals surface area contributed by atoms with Gasteiger partial charge < -0.3 is 4.74 Å². The number of ether oxygens (including phenoxy) is 1. The molecule has 0 N–H and O–H groups in total. The highest BCUT2D eigenvalue weighted by molar-refractivity contribution is 5.95. The maximum atomic E-state index is 10.9. The molecule has 0 spiro atoms. The van der Waals surface area contributed by atoms with E-state index in [1.54, 1.807) is 6.08 Å². The lowest BCUT2D eigenvalue weighted by Gasteiger charge is -1.99. The predicted octanol–water partition coefficient (Wildman–Crippen LogP) is 2.57. The van der Waals surface area contributed by atoms with Crippen LogP contribution in [0.2, 0.25) is 0 Å². The minimum Gasteiger partial charge on any atom is -0.469 e. The van der Waals surface area contributed by atoms with Crippen molar-refractivity contribution in [2.75, 3.05) is 7.11 Å². The van der Waals surface area contributed by atoms with Gasteiger partial charge in [0.15, 0.2) is 5.78 Å². The first-order chi connectivity index (χ1) is 7.72. The van der Waals surface area contributed by atoms with E-state index in [1.165, 1.54) is 7.11 Å². The molecule has 0 atom stereocenters. The van der Waals surface area contributed by atoms with E-state index in [1.807, 2.05) is 6.08 Å². The van der Waals surface area contributed by atoms with Gasteiger partial charge in [-0.05, 0) is 30.9 Å². The number of carbonyl (C=O) groups excluding carboxylic acids is 2. The van der Waals surface area contributed by atoms with Crippen molar-refractivity contribution in [2.24, 2.45) is 0 Å². The minimum absolute atomic E-state index is 0.136. The molecule has 3 nitrogen and oxygen atoms in total. The third-order valence-corrected chi connectivity index (χ3v) is 2.58. The topological polar surface area (TPSA) is 43.4 Å². The zero-order chi connectivity index (χ0) is 11.8.